The van der Waals surface area contributed by atoms with E-state index < -0.39 is 0 Å². The molecule has 0 saturated carbocycles. The van der Waals surface area contributed by atoms with Crippen LogP contribution >= 0.6 is 0 Å². The number of aliphatic hydroxyl groups excluding tert-OH is 2. The van der Waals surface area contributed by atoms with Crippen LogP contribution in [0.5, 0.6) is 0 Å². The lowest BCUT2D eigenvalue weighted by atomic mass is 9.63. The van der Waals surface area contributed by atoms with Gasteiger partial charge in [-0.2, -0.15) is 0 Å². The van der Waals surface area contributed by atoms with Gasteiger partial charge in [0.05, 0.1) is 0 Å². The molecular weight excluding hydrogens is 284 g/mol. The van der Waals surface area contributed by atoms with Crippen LogP contribution in [0.25, 0.3) is 0 Å². The fourth-order valence-electron chi connectivity index (χ4n) is 3.33. The molecule has 0 saturated heterocycles. The summed E-state index contributed by atoms with van der Waals surface area (Å²) in [6, 6.07) is 0. The van der Waals surface area contributed by atoms with Crippen molar-refractivity contribution >= 4 is 0 Å². The Kier molecular flexibility index (Phi) is 6.69. The minimum atomic E-state index is -0.187. The molecule has 0 aliphatic heterocycles. The van der Waals surface area contributed by atoms with Crippen molar-refractivity contribution in [2.75, 3.05) is 13.2 Å². The van der Waals surface area contributed by atoms with Crippen LogP contribution < -0.4 is 0 Å². The zero-order chi connectivity index (χ0) is 17.9. The van der Waals surface area contributed by atoms with E-state index in [0.717, 1.165) is 25.7 Å². The highest BCUT2D eigenvalue weighted by Gasteiger charge is 2.39. The molecule has 0 aromatic carbocycles. The molecule has 0 fully saturated rings. The first-order chi connectivity index (χ1) is 10.5. The summed E-state index contributed by atoms with van der Waals surface area (Å²) >= 11 is 0. The molecule has 0 amide bonds. The van der Waals surface area contributed by atoms with Crippen LogP contribution in [0.1, 0.15) is 74.1 Å². The Hall–Kier alpha value is -0.600. The van der Waals surface area contributed by atoms with E-state index in [1.807, 2.05) is 0 Å². The van der Waals surface area contributed by atoms with Gasteiger partial charge in [0.15, 0.2) is 0 Å². The highest BCUT2D eigenvalue weighted by atomic mass is 16.3. The van der Waals surface area contributed by atoms with Crippen LogP contribution in [-0.4, -0.2) is 23.4 Å². The van der Waals surface area contributed by atoms with Crippen LogP contribution in [0.2, 0.25) is 0 Å². The minimum Gasteiger partial charge on any atom is -0.396 e. The minimum absolute atomic E-state index is 0.144. The molecule has 1 rings (SSSR count). The molecule has 0 aromatic heterocycles. The van der Waals surface area contributed by atoms with Gasteiger partial charge in [-0.1, -0.05) is 64.8 Å². The smallest absolute Gasteiger partial charge is 0.0491 e. The van der Waals surface area contributed by atoms with Crippen molar-refractivity contribution in [2.45, 2.75) is 74.1 Å². The molecule has 2 unspecified atom stereocenters. The maximum absolute atomic E-state index is 9.83. The van der Waals surface area contributed by atoms with Crippen molar-refractivity contribution in [1.29, 1.82) is 0 Å². The number of aliphatic hydroxyl groups is 2. The fraction of sp³-hybridized carbons (Fsp3) is 0.810. The molecule has 1 aliphatic carbocycles. The molecule has 0 bridgehead atoms. The van der Waals surface area contributed by atoms with Crippen molar-refractivity contribution in [3.63, 3.8) is 0 Å². The normalized spacial score (nSPS) is 27.1. The van der Waals surface area contributed by atoms with Gasteiger partial charge in [-0.05, 0) is 54.8 Å². The van der Waals surface area contributed by atoms with Crippen molar-refractivity contribution in [2.24, 2.45) is 22.2 Å². The van der Waals surface area contributed by atoms with E-state index in [4.69, 9.17) is 0 Å². The molecule has 2 atom stereocenters. The van der Waals surface area contributed by atoms with Crippen LogP contribution in [0.4, 0.5) is 0 Å². The summed E-state index contributed by atoms with van der Waals surface area (Å²) in [5, 5.41) is 19.4. The van der Waals surface area contributed by atoms with Crippen LogP contribution in [0.3, 0.4) is 0 Å². The summed E-state index contributed by atoms with van der Waals surface area (Å²) in [4.78, 5) is 0. The first-order valence-electron chi connectivity index (χ1n) is 9.05. The first-order valence-corrected chi connectivity index (χ1v) is 9.05. The SMILES string of the molecule is C/C(=C\CCC(C)(C)C1=CCC(CO)C(C)(CO)C1)C(C)(C)C. The predicted molar refractivity (Wildman–Crippen MR) is 99.3 cm³/mol. The average Bonchev–Trinajstić information content (AvgIpc) is 2.45. The Morgan fingerprint density at radius 2 is 1.87 bits per heavy atom. The molecule has 1 aliphatic rings. The third-order valence-electron chi connectivity index (χ3n) is 6.08. The molecule has 0 aromatic rings. The largest absolute Gasteiger partial charge is 0.396 e. The van der Waals surface area contributed by atoms with Crippen LogP contribution in [0, 0.1) is 22.2 Å². The Morgan fingerprint density at radius 3 is 2.35 bits per heavy atom. The Bertz CT molecular complexity index is 451. The summed E-state index contributed by atoms with van der Waals surface area (Å²) in [7, 11) is 0. The lowest BCUT2D eigenvalue weighted by Crippen LogP contribution is -2.38. The molecule has 0 spiro atoms. The summed E-state index contributed by atoms with van der Waals surface area (Å²) in [5.74, 6) is 0.176. The third kappa shape index (κ3) is 5.19. The highest BCUT2D eigenvalue weighted by molar-refractivity contribution is 5.20. The lowest BCUT2D eigenvalue weighted by Gasteiger charge is -2.43. The second kappa shape index (κ2) is 7.53. The van der Waals surface area contributed by atoms with E-state index in [9.17, 15) is 10.2 Å². The monoisotopic (exact) mass is 322 g/mol. The lowest BCUT2D eigenvalue weighted by molar-refractivity contribution is 0.0320. The average molecular weight is 323 g/mol. The van der Waals surface area contributed by atoms with Gasteiger partial charge in [-0.25, -0.2) is 0 Å². The number of rotatable bonds is 6. The summed E-state index contributed by atoms with van der Waals surface area (Å²) < 4.78 is 0. The molecule has 2 heteroatoms. The molecule has 23 heavy (non-hydrogen) atoms. The molecule has 2 nitrogen and oxygen atoms in total. The first kappa shape index (κ1) is 20.4. The van der Waals surface area contributed by atoms with Gasteiger partial charge in [0.25, 0.3) is 0 Å². The van der Waals surface area contributed by atoms with Crippen molar-refractivity contribution < 1.29 is 10.2 Å². The van der Waals surface area contributed by atoms with Gasteiger partial charge in [0, 0.05) is 13.2 Å². The zero-order valence-electron chi connectivity index (χ0n) is 16.4. The highest BCUT2D eigenvalue weighted by Crippen LogP contribution is 2.47. The van der Waals surface area contributed by atoms with E-state index in [-0.39, 0.29) is 35.4 Å². The predicted octanol–water partition coefficient (Wildman–Crippen LogP) is 5.11. The van der Waals surface area contributed by atoms with Gasteiger partial charge < -0.3 is 10.2 Å². The maximum atomic E-state index is 9.83. The summed E-state index contributed by atoms with van der Waals surface area (Å²) in [6.45, 7) is 16.1. The van der Waals surface area contributed by atoms with Crippen molar-refractivity contribution in [3.8, 4) is 0 Å². The molecule has 2 N–H and O–H groups in total. The summed E-state index contributed by atoms with van der Waals surface area (Å²) in [6.07, 6.45) is 8.68. The Labute approximate surface area is 143 Å². The van der Waals surface area contributed by atoms with E-state index in [1.54, 1.807) is 0 Å². The van der Waals surface area contributed by atoms with Gasteiger partial charge in [0.2, 0.25) is 0 Å². The van der Waals surface area contributed by atoms with E-state index in [1.165, 1.54) is 11.1 Å². The van der Waals surface area contributed by atoms with Gasteiger partial charge in [-0.15, -0.1) is 0 Å². The molecule has 0 heterocycles. The number of hydrogen-bond donors (Lipinski definition) is 2. The van der Waals surface area contributed by atoms with Crippen molar-refractivity contribution in [1.82, 2.24) is 0 Å². The van der Waals surface area contributed by atoms with E-state index >= 15 is 0 Å². The van der Waals surface area contributed by atoms with E-state index in [0.29, 0.717) is 0 Å². The second-order valence-corrected chi connectivity index (χ2v) is 9.39. The topological polar surface area (TPSA) is 40.5 Å². The van der Waals surface area contributed by atoms with Gasteiger partial charge in [0.1, 0.15) is 0 Å². The third-order valence-corrected chi connectivity index (χ3v) is 6.08. The standard InChI is InChI=1S/C21H38O2/c1-16(19(2,3)4)9-8-12-20(5,6)17-10-11-18(14-22)21(7,13-17)15-23/h9-10,18,22-23H,8,11-15H2,1-7H3/b16-9+. The quantitative estimate of drug-likeness (QED) is 0.667. The maximum Gasteiger partial charge on any atom is 0.0491 e. The number of hydrogen-bond acceptors (Lipinski definition) is 2. The van der Waals surface area contributed by atoms with E-state index in [2.05, 4.69) is 60.6 Å². The summed E-state index contributed by atoms with van der Waals surface area (Å²) in [5.41, 5.74) is 3.10. The van der Waals surface area contributed by atoms with Crippen LogP contribution in [0.15, 0.2) is 23.3 Å². The number of allylic oxidation sites excluding steroid dienone is 4. The molecular formula is C21H38O2. The second-order valence-electron chi connectivity index (χ2n) is 9.39. The van der Waals surface area contributed by atoms with Crippen LogP contribution in [-0.2, 0) is 0 Å². The molecule has 134 valence electrons. The van der Waals surface area contributed by atoms with Gasteiger partial charge in [-0.3, -0.25) is 0 Å². The fourth-order valence-corrected chi connectivity index (χ4v) is 3.33. The van der Waals surface area contributed by atoms with Gasteiger partial charge >= 0.3 is 0 Å². The van der Waals surface area contributed by atoms with Crippen molar-refractivity contribution in [3.05, 3.63) is 23.3 Å². The zero-order valence-corrected chi connectivity index (χ0v) is 16.4. The Morgan fingerprint density at radius 1 is 1.26 bits per heavy atom. The molecule has 0 radical (unpaired) electrons. The Balaban J connectivity index is 2.79.